The molecule has 24 heavy (non-hydrogen) atoms. The summed E-state index contributed by atoms with van der Waals surface area (Å²) in [4.78, 5) is 29.3. The molecule has 0 saturated carbocycles. The Morgan fingerprint density at radius 3 is 2.58 bits per heavy atom. The van der Waals surface area contributed by atoms with Gasteiger partial charge >= 0.3 is 5.97 Å². The van der Waals surface area contributed by atoms with Gasteiger partial charge in [0.05, 0.1) is 10.0 Å². The Morgan fingerprint density at radius 1 is 1.29 bits per heavy atom. The molecular weight excluding hydrogens is 355 g/mol. The number of hydrogen-bond donors (Lipinski definition) is 1. The van der Waals surface area contributed by atoms with E-state index in [4.69, 9.17) is 23.2 Å². The van der Waals surface area contributed by atoms with Crippen molar-refractivity contribution in [2.75, 3.05) is 6.54 Å². The predicted octanol–water partition coefficient (Wildman–Crippen LogP) is 2.57. The highest BCUT2D eigenvalue weighted by atomic mass is 35.5. The van der Waals surface area contributed by atoms with Crippen molar-refractivity contribution in [3.05, 3.63) is 39.9 Å². The SMILES string of the molecule is Cc1nc(C(=O)N2CCC[C@H]2C(=O)O)nn1-c1c(Cl)cccc1Cl. The number of para-hydroxylation sites is 1. The van der Waals surface area contributed by atoms with E-state index in [0.717, 1.165) is 0 Å². The number of carboxylic acids is 1. The molecular formula is C15H14Cl2N4O3. The third-order valence-electron chi connectivity index (χ3n) is 3.91. The number of carbonyl (C=O) groups is 2. The van der Waals surface area contributed by atoms with Crippen molar-refractivity contribution >= 4 is 35.1 Å². The summed E-state index contributed by atoms with van der Waals surface area (Å²) in [5.41, 5.74) is 0.432. The van der Waals surface area contributed by atoms with Gasteiger partial charge in [-0.1, -0.05) is 29.3 Å². The zero-order valence-electron chi connectivity index (χ0n) is 12.7. The number of amides is 1. The smallest absolute Gasteiger partial charge is 0.326 e. The number of likely N-dealkylation sites (tertiary alicyclic amines) is 1. The lowest BCUT2D eigenvalue weighted by Crippen LogP contribution is -2.40. The number of carbonyl (C=O) groups excluding carboxylic acids is 1. The van der Waals surface area contributed by atoms with Gasteiger partial charge in [0.1, 0.15) is 17.6 Å². The van der Waals surface area contributed by atoms with Crippen molar-refractivity contribution in [2.24, 2.45) is 0 Å². The normalized spacial score (nSPS) is 17.3. The Bertz CT molecular complexity index is 801. The van der Waals surface area contributed by atoms with Gasteiger partial charge in [-0.05, 0) is 31.9 Å². The standard InChI is InChI=1S/C15H14Cl2N4O3/c1-8-18-13(14(22)20-7-3-6-11(20)15(23)24)19-21(8)12-9(16)4-2-5-10(12)17/h2,4-5,11H,3,6-7H2,1H3,(H,23,24)/t11-/m0/s1. The molecule has 1 aliphatic rings. The van der Waals surface area contributed by atoms with E-state index in [0.29, 0.717) is 40.9 Å². The van der Waals surface area contributed by atoms with Gasteiger partial charge in [0.15, 0.2) is 0 Å². The van der Waals surface area contributed by atoms with Crippen LogP contribution in [0, 0.1) is 6.92 Å². The average molecular weight is 369 g/mol. The van der Waals surface area contributed by atoms with Crippen LogP contribution in [0.1, 0.15) is 29.3 Å². The Hall–Kier alpha value is -2.12. The van der Waals surface area contributed by atoms with E-state index in [2.05, 4.69) is 10.1 Å². The largest absolute Gasteiger partial charge is 0.480 e. The number of carboxylic acid groups (broad SMARTS) is 1. The number of rotatable bonds is 3. The second-order valence-electron chi connectivity index (χ2n) is 5.46. The first-order valence-electron chi connectivity index (χ1n) is 7.32. The Labute approximate surface area is 147 Å². The van der Waals surface area contributed by atoms with Crippen LogP contribution in [0.3, 0.4) is 0 Å². The molecule has 0 radical (unpaired) electrons. The molecule has 1 N–H and O–H groups in total. The van der Waals surface area contributed by atoms with E-state index >= 15 is 0 Å². The minimum Gasteiger partial charge on any atom is -0.480 e. The van der Waals surface area contributed by atoms with Crippen LogP contribution in [0.4, 0.5) is 0 Å². The molecule has 1 aromatic heterocycles. The predicted molar refractivity (Wildman–Crippen MR) is 87.8 cm³/mol. The zero-order valence-corrected chi connectivity index (χ0v) is 14.3. The fraction of sp³-hybridized carbons (Fsp3) is 0.333. The number of aryl methyl sites for hydroxylation is 1. The lowest BCUT2D eigenvalue weighted by atomic mass is 10.2. The van der Waals surface area contributed by atoms with Crippen LogP contribution in [0.25, 0.3) is 5.69 Å². The van der Waals surface area contributed by atoms with Crippen LogP contribution in [0.2, 0.25) is 10.0 Å². The molecule has 2 aromatic rings. The molecule has 0 unspecified atom stereocenters. The van der Waals surface area contributed by atoms with Gasteiger partial charge in [-0.3, -0.25) is 4.79 Å². The van der Waals surface area contributed by atoms with Crippen molar-refractivity contribution < 1.29 is 14.7 Å². The first-order valence-corrected chi connectivity index (χ1v) is 8.07. The third-order valence-corrected chi connectivity index (χ3v) is 4.52. The van der Waals surface area contributed by atoms with Crippen LogP contribution < -0.4 is 0 Å². The van der Waals surface area contributed by atoms with Gasteiger partial charge in [-0.25, -0.2) is 14.5 Å². The summed E-state index contributed by atoms with van der Waals surface area (Å²) in [5.74, 6) is -1.17. The molecule has 1 saturated heterocycles. The molecule has 3 rings (SSSR count). The molecule has 0 bridgehead atoms. The monoisotopic (exact) mass is 368 g/mol. The van der Waals surface area contributed by atoms with Crippen molar-refractivity contribution in [3.63, 3.8) is 0 Å². The van der Waals surface area contributed by atoms with E-state index in [1.807, 2.05) is 0 Å². The van der Waals surface area contributed by atoms with Crippen molar-refractivity contribution in [3.8, 4) is 5.69 Å². The van der Waals surface area contributed by atoms with E-state index < -0.39 is 17.9 Å². The highest BCUT2D eigenvalue weighted by molar-refractivity contribution is 6.37. The van der Waals surface area contributed by atoms with Gasteiger partial charge in [-0.15, -0.1) is 5.10 Å². The number of hydrogen-bond acceptors (Lipinski definition) is 4. The number of aromatic nitrogens is 3. The quantitative estimate of drug-likeness (QED) is 0.899. The maximum Gasteiger partial charge on any atom is 0.326 e. The molecule has 7 nitrogen and oxygen atoms in total. The Kier molecular flexibility index (Phi) is 4.47. The fourth-order valence-corrected chi connectivity index (χ4v) is 3.34. The second kappa shape index (κ2) is 6.41. The molecule has 126 valence electrons. The third kappa shape index (κ3) is 2.85. The van der Waals surface area contributed by atoms with E-state index in [9.17, 15) is 14.7 Å². The Balaban J connectivity index is 1.97. The summed E-state index contributed by atoms with van der Waals surface area (Å²) in [5, 5.41) is 14.2. The van der Waals surface area contributed by atoms with E-state index in [1.165, 1.54) is 9.58 Å². The summed E-state index contributed by atoms with van der Waals surface area (Å²) in [6.07, 6.45) is 1.07. The highest BCUT2D eigenvalue weighted by Crippen LogP contribution is 2.29. The van der Waals surface area contributed by atoms with Crippen LogP contribution in [-0.4, -0.2) is 49.2 Å². The van der Waals surface area contributed by atoms with Crippen molar-refractivity contribution in [1.29, 1.82) is 0 Å². The highest BCUT2D eigenvalue weighted by Gasteiger charge is 2.36. The van der Waals surface area contributed by atoms with Crippen LogP contribution >= 0.6 is 23.2 Å². The summed E-state index contributed by atoms with van der Waals surface area (Å²) in [6, 6.07) is 4.18. The molecule has 1 amide bonds. The van der Waals surface area contributed by atoms with Crippen LogP contribution in [-0.2, 0) is 4.79 Å². The van der Waals surface area contributed by atoms with Crippen molar-refractivity contribution in [2.45, 2.75) is 25.8 Å². The summed E-state index contributed by atoms with van der Waals surface area (Å²) < 4.78 is 1.39. The Morgan fingerprint density at radius 2 is 1.96 bits per heavy atom. The molecule has 0 aliphatic carbocycles. The van der Waals surface area contributed by atoms with Crippen LogP contribution in [0.5, 0.6) is 0 Å². The lowest BCUT2D eigenvalue weighted by Gasteiger charge is -2.19. The van der Waals surface area contributed by atoms with Gasteiger partial charge in [-0.2, -0.15) is 0 Å². The van der Waals surface area contributed by atoms with Gasteiger partial charge in [0, 0.05) is 6.54 Å². The zero-order chi connectivity index (χ0) is 17.4. The average Bonchev–Trinajstić information content (AvgIpc) is 3.14. The van der Waals surface area contributed by atoms with Gasteiger partial charge < -0.3 is 10.0 Å². The van der Waals surface area contributed by atoms with Gasteiger partial charge in [0.2, 0.25) is 5.82 Å². The molecule has 2 heterocycles. The first kappa shape index (κ1) is 16.7. The maximum atomic E-state index is 12.6. The minimum absolute atomic E-state index is 0.0726. The van der Waals surface area contributed by atoms with E-state index in [-0.39, 0.29) is 5.82 Å². The van der Waals surface area contributed by atoms with E-state index in [1.54, 1.807) is 25.1 Å². The number of aliphatic carboxylic acids is 1. The summed E-state index contributed by atoms with van der Waals surface area (Å²) >= 11 is 12.3. The fourth-order valence-electron chi connectivity index (χ4n) is 2.78. The molecule has 9 heteroatoms. The molecule has 1 atom stereocenters. The summed E-state index contributed by atoms with van der Waals surface area (Å²) in [6.45, 7) is 2.04. The maximum absolute atomic E-state index is 12.6. The summed E-state index contributed by atoms with van der Waals surface area (Å²) in [7, 11) is 0. The molecule has 1 aliphatic heterocycles. The second-order valence-corrected chi connectivity index (χ2v) is 6.27. The van der Waals surface area contributed by atoms with Gasteiger partial charge in [0.25, 0.3) is 5.91 Å². The first-order chi connectivity index (χ1) is 11.4. The molecule has 1 aromatic carbocycles. The van der Waals surface area contributed by atoms with Crippen LogP contribution in [0.15, 0.2) is 18.2 Å². The topological polar surface area (TPSA) is 88.3 Å². The number of nitrogens with zero attached hydrogens (tertiary/aromatic N) is 4. The number of halogens is 2. The minimum atomic E-state index is -1.02. The molecule has 1 fully saturated rings. The molecule has 0 spiro atoms. The number of benzene rings is 1. The lowest BCUT2D eigenvalue weighted by molar-refractivity contribution is -0.141. The van der Waals surface area contributed by atoms with Crippen molar-refractivity contribution in [1.82, 2.24) is 19.7 Å².